The van der Waals surface area contributed by atoms with Crippen molar-refractivity contribution in [1.29, 1.82) is 0 Å². The van der Waals surface area contributed by atoms with Crippen molar-refractivity contribution in [2.75, 3.05) is 39.7 Å². The molecule has 0 bridgehead atoms. The van der Waals surface area contributed by atoms with E-state index in [1.165, 1.54) is 7.11 Å². The number of esters is 1. The van der Waals surface area contributed by atoms with Gasteiger partial charge in [0, 0.05) is 55.6 Å². The molecule has 1 N–H and O–H groups in total. The lowest BCUT2D eigenvalue weighted by atomic mass is 9.90. The topological polar surface area (TPSA) is 91.3 Å². The molecule has 2 atom stereocenters. The molecular formula is C32H43N3O6. The third kappa shape index (κ3) is 6.52. The molecule has 41 heavy (non-hydrogen) atoms. The van der Waals surface area contributed by atoms with Crippen molar-refractivity contribution < 1.29 is 28.5 Å². The lowest BCUT2D eigenvalue weighted by Crippen LogP contribution is -2.39. The van der Waals surface area contributed by atoms with Gasteiger partial charge in [-0.2, -0.15) is 0 Å². The molecule has 2 aromatic carbocycles. The van der Waals surface area contributed by atoms with Crippen LogP contribution in [-0.2, 0) is 20.8 Å². The van der Waals surface area contributed by atoms with E-state index in [0.717, 1.165) is 58.4 Å². The Kier molecular flexibility index (Phi) is 9.29. The fourth-order valence-electron chi connectivity index (χ4n) is 5.76. The number of piperidine rings is 1. The van der Waals surface area contributed by atoms with Crippen molar-refractivity contribution in [3.8, 4) is 5.75 Å². The number of fused-ring (bicyclic) bond motifs is 1. The number of likely N-dealkylation sites (tertiary alicyclic amines) is 1. The van der Waals surface area contributed by atoms with Gasteiger partial charge in [-0.1, -0.05) is 6.07 Å². The van der Waals surface area contributed by atoms with E-state index in [9.17, 15) is 9.59 Å². The number of hydrogen-bond acceptors (Lipinski definition) is 8. The van der Waals surface area contributed by atoms with Crippen LogP contribution in [0, 0.1) is 6.92 Å². The smallest absolute Gasteiger partial charge is 0.419 e. The molecule has 2 heterocycles. The molecule has 1 aliphatic rings. The number of carbonyl (C=O) groups is 2. The van der Waals surface area contributed by atoms with Gasteiger partial charge >= 0.3 is 12.1 Å². The molecule has 1 saturated heterocycles. The largest absolute Gasteiger partial charge is 0.496 e. The Balaban J connectivity index is 1.78. The number of aryl methyl sites for hydroxylation is 1. The summed E-state index contributed by atoms with van der Waals surface area (Å²) in [4.78, 5) is 27.8. The first-order chi connectivity index (χ1) is 19.5. The van der Waals surface area contributed by atoms with Crippen LogP contribution in [0.25, 0.3) is 10.9 Å². The Morgan fingerprint density at radius 1 is 1.12 bits per heavy atom. The van der Waals surface area contributed by atoms with Crippen LogP contribution in [0.15, 0.2) is 36.5 Å². The number of ether oxygens (including phenoxy) is 4. The SMILES string of the molecule is CCO[C@H]1CCN(Cc2c(OC)cc(C)c3c2ccn3C(=O)OC(C)(C)C)[C@H](c2ccc(C(=O)OC)cc2NC)C1. The Morgan fingerprint density at radius 3 is 2.51 bits per heavy atom. The first kappa shape index (κ1) is 30.4. The molecule has 0 amide bonds. The average molecular weight is 566 g/mol. The Bertz CT molecular complexity index is 1410. The molecule has 1 fully saturated rings. The fourth-order valence-corrected chi connectivity index (χ4v) is 5.76. The van der Waals surface area contributed by atoms with Crippen LogP contribution < -0.4 is 10.1 Å². The molecule has 3 aromatic rings. The van der Waals surface area contributed by atoms with Crippen molar-refractivity contribution in [2.45, 2.75) is 71.8 Å². The summed E-state index contributed by atoms with van der Waals surface area (Å²) >= 11 is 0. The van der Waals surface area contributed by atoms with E-state index in [-0.39, 0.29) is 18.1 Å². The minimum Gasteiger partial charge on any atom is -0.496 e. The average Bonchev–Trinajstić information content (AvgIpc) is 3.40. The van der Waals surface area contributed by atoms with Gasteiger partial charge in [-0.3, -0.25) is 9.47 Å². The van der Waals surface area contributed by atoms with Crippen molar-refractivity contribution in [2.24, 2.45) is 0 Å². The predicted molar refractivity (Wildman–Crippen MR) is 160 cm³/mol. The van der Waals surface area contributed by atoms with Crippen molar-refractivity contribution in [3.05, 3.63) is 58.8 Å². The number of nitrogens with zero attached hydrogens (tertiary/aromatic N) is 2. The number of rotatable bonds is 8. The molecule has 0 unspecified atom stereocenters. The van der Waals surface area contributed by atoms with Crippen molar-refractivity contribution in [3.63, 3.8) is 0 Å². The van der Waals surface area contributed by atoms with Gasteiger partial charge in [0.1, 0.15) is 11.4 Å². The van der Waals surface area contributed by atoms with Crippen molar-refractivity contribution in [1.82, 2.24) is 9.47 Å². The number of anilines is 1. The van der Waals surface area contributed by atoms with Crippen LogP contribution in [0.1, 0.15) is 73.6 Å². The van der Waals surface area contributed by atoms with E-state index < -0.39 is 11.7 Å². The minimum atomic E-state index is -0.608. The zero-order valence-corrected chi connectivity index (χ0v) is 25.5. The standard InChI is InChI=1S/C32H43N3O6/c1-9-40-22-12-14-34(27(18-22)24-11-10-21(30(36)39-8)17-26(24)33-6)19-25-23-13-15-35(31(37)41-32(3,4)5)29(23)20(2)16-28(25)38-7/h10-11,13,15-17,22,27,33H,9,12,14,18-19H2,1-8H3/t22-,27-/m0/s1. The summed E-state index contributed by atoms with van der Waals surface area (Å²) in [5.41, 5.74) is 4.59. The number of carbonyl (C=O) groups excluding carboxylic acids is 2. The van der Waals surface area contributed by atoms with E-state index in [2.05, 4.69) is 10.2 Å². The predicted octanol–water partition coefficient (Wildman–Crippen LogP) is 6.31. The first-order valence-corrected chi connectivity index (χ1v) is 14.2. The molecular weight excluding hydrogens is 522 g/mol. The highest BCUT2D eigenvalue weighted by atomic mass is 16.6. The maximum Gasteiger partial charge on any atom is 0.419 e. The Hall–Kier alpha value is -3.56. The van der Waals surface area contributed by atoms with Gasteiger partial charge in [0.25, 0.3) is 0 Å². The summed E-state index contributed by atoms with van der Waals surface area (Å²) in [6, 6.07) is 9.64. The summed E-state index contributed by atoms with van der Waals surface area (Å²) in [7, 11) is 4.92. The second-order valence-corrected chi connectivity index (χ2v) is 11.4. The zero-order chi connectivity index (χ0) is 29.9. The monoisotopic (exact) mass is 565 g/mol. The summed E-state index contributed by atoms with van der Waals surface area (Å²) in [5.74, 6) is 0.402. The quantitative estimate of drug-likeness (QED) is 0.318. The van der Waals surface area contributed by atoms with Crippen LogP contribution in [0.5, 0.6) is 5.75 Å². The van der Waals surface area contributed by atoms with E-state index in [4.69, 9.17) is 18.9 Å². The van der Waals surface area contributed by atoms with E-state index >= 15 is 0 Å². The molecule has 9 heteroatoms. The summed E-state index contributed by atoms with van der Waals surface area (Å²) in [6.07, 6.45) is 3.19. The molecule has 4 rings (SSSR count). The van der Waals surface area contributed by atoms with E-state index in [1.807, 2.05) is 72.0 Å². The van der Waals surface area contributed by atoms with Gasteiger partial charge in [-0.25, -0.2) is 9.59 Å². The zero-order valence-electron chi connectivity index (χ0n) is 25.5. The maximum absolute atomic E-state index is 13.1. The summed E-state index contributed by atoms with van der Waals surface area (Å²) in [6.45, 7) is 11.7. The van der Waals surface area contributed by atoms with Gasteiger partial charge in [0.05, 0.1) is 31.4 Å². The highest BCUT2D eigenvalue weighted by Gasteiger charge is 2.33. The molecule has 1 aromatic heterocycles. The van der Waals surface area contributed by atoms with Crippen LogP contribution in [0.4, 0.5) is 10.5 Å². The van der Waals surface area contributed by atoms with Crippen LogP contribution in [0.3, 0.4) is 0 Å². The van der Waals surface area contributed by atoms with Crippen molar-refractivity contribution >= 4 is 28.7 Å². The molecule has 0 aliphatic carbocycles. The highest BCUT2D eigenvalue weighted by molar-refractivity contribution is 5.95. The maximum atomic E-state index is 13.1. The van der Waals surface area contributed by atoms with Crippen LogP contribution in [0.2, 0.25) is 0 Å². The minimum absolute atomic E-state index is 0.0171. The van der Waals surface area contributed by atoms with Crippen LogP contribution >= 0.6 is 0 Å². The third-order valence-corrected chi connectivity index (χ3v) is 7.57. The molecule has 1 aliphatic heterocycles. The van der Waals surface area contributed by atoms with Gasteiger partial charge in [0.15, 0.2) is 0 Å². The van der Waals surface area contributed by atoms with Gasteiger partial charge in [0.2, 0.25) is 0 Å². The Labute approximate surface area is 242 Å². The molecule has 0 spiro atoms. The summed E-state index contributed by atoms with van der Waals surface area (Å²) in [5, 5.41) is 4.23. The summed E-state index contributed by atoms with van der Waals surface area (Å²) < 4.78 is 24.2. The second kappa shape index (κ2) is 12.5. The molecule has 0 radical (unpaired) electrons. The van der Waals surface area contributed by atoms with E-state index in [1.54, 1.807) is 17.9 Å². The van der Waals surface area contributed by atoms with Gasteiger partial charge in [-0.05, 0) is 82.9 Å². The first-order valence-electron chi connectivity index (χ1n) is 14.2. The third-order valence-electron chi connectivity index (χ3n) is 7.57. The molecule has 9 nitrogen and oxygen atoms in total. The number of aromatic nitrogens is 1. The highest BCUT2D eigenvalue weighted by Crippen LogP contribution is 2.40. The number of benzene rings is 2. The fraction of sp³-hybridized carbons (Fsp3) is 0.500. The molecule has 0 saturated carbocycles. The normalized spacial score (nSPS) is 17.9. The number of methoxy groups -OCH3 is 2. The van der Waals surface area contributed by atoms with Gasteiger partial charge in [-0.15, -0.1) is 0 Å². The number of nitrogens with one attached hydrogen (secondary N) is 1. The van der Waals surface area contributed by atoms with E-state index in [0.29, 0.717) is 18.7 Å². The van der Waals surface area contributed by atoms with Crippen LogP contribution in [-0.4, -0.2) is 67.7 Å². The molecule has 222 valence electrons. The second-order valence-electron chi connectivity index (χ2n) is 11.4. The number of hydrogen-bond donors (Lipinski definition) is 1. The van der Waals surface area contributed by atoms with Gasteiger partial charge < -0.3 is 24.3 Å². The lowest BCUT2D eigenvalue weighted by molar-refractivity contribution is -0.0136. The lowest BCUT2D eigenvalue weighted by Gasteiger charge is -2.40. The Morgan fingerprint density at radius 2 is 1.88 bits per heavy atom.